The Labute approximate surface area is 140 Å². The van der Waals surface area contributed by atoms with Crippen LogP contribution in [0.25, 0.3) is 11.0 Å². The van der Waals surface area contributed by atoms with Gasteiger partial charge in [0.05, 0.1) is 5.56 Å². The summed E-state index contributed by atoms with van der Waals surface area (Å²) >= 11 is 3.31. The molecule has 0 bridgehead atoms. The molecule has 3 rings (SSSR count). The van der Waals surface area contributed by atoms with Gasteiger partial charge in [0.1, 0.15) is 17.9 Å². The van der Waals surface area contributed by atoms with Crippen LogP contribution in [0.4, 0.5) is 0 Å². The van der Waals surface area contributed by atoms with Crippen LogP contribution in [0.1, 0.15) is 21.5 Å². The molecule has 0 saturated heterocycles. The summed E-state index contributed by atoms with van der Waals surface area (Å²) in [7, 11) is 0. The molecule has 2 aromatic carbocycles. The van der Waals surface area contributed by atoms with Gasteiger partial charge < -0.3 is 9.15 Å². The summed E-state index contributed by atoms with van der Waals surface area (Å²) in [5, 5.41) is 0.819. The van der Waals surface area contributed by atoms with E-state index in [-0.39, 0.29) is 6.61 Å². The molecule has 0 atom stereocenters. The fourth-order valence-corrected chi connectivity index (χ4v) is 2.73. The molecule has 0 aliphatic rings. The topological polar surface area (TPSA) is 56.5 Å². The number of aldehydes is 1. The molecule has 0 aliphatic heterocycles. The molecular weight excluding hydrogens is 360 g/mol. The average molecular weight is 373 g/mol. The van der Waals surface area contributed by atoms with Crippen LogP contribution in [0, 0.1) is 6.92 Å². The number of ether oxygens (including phenoxy) is 1. The fraction of sp³-hybridized carbons (Fsp3) is 0.111. The highest BCUT2D eigenvalue weighted by molar-refractivity contribution is 9.10. The number of halogens is 1. The van der Waals surface area contributed by atoms with E-state index in [1.54, 1.807) is 18.2 Å². The van der Waals surface area contributed by atoms with Crippen molar-refractivity contribution in [2.75, 3.05) is 0 Å². The van der Waals surface area contributed by atoms with Crippen LogP contribution in [0.2, 0.25) is 0 Å². The first-order valence-electron chi connectivity index (χ1n) is 6.98. The van der Waals surface area contributed by atoms with Crippen molar-refractivity contribution in [2.45, 2.75) is 13.5 Å². The van der Waals surface area contributed by atoms with E-state index in [0.717, 1.165) is 27.3 Å². The molecule has 4 nitrogen and oxygen atoms in total. The lowest BCUT2D eigenvalue weighted by molar-refractivity contribution is 0.111. The Morgan fingerprint density at radius 2 is 2.00 bits per heavy atom. The van der Waals surface area contributed by atoms with Gasteiger partial charge in [-0.3, -0.25) is 4.79 Å². The summed E-state index contributed by atoms with van der Waals surface area (Å²) in [5.74, 6) is 0.469. The summed E-state index contributed by atoms with van der Waals surface area (Å²) in [6, 6.07) is 12.3. The van der Waals surface area contributed by atoms with E-state index >= 15 is 0 Å². The van der Waals surface area contributed by atoms with Crippen LogP contribution in [0.3, 0.4) is 0 Å². The van der Waals surface area contributed by atoms with E-state index in [1.807, 2.05) is 25.1 Å². The first kappa shape index (κ1) is 15.5. The fourth-order valence-electron chi connectivity index (χ4n) is 2.35. The van der Waals surface area contributed by atoms with Gasteiger partial charge in [-0.2, -0.15) is 0 Å². The Hall–Kier alpha value is -2.40. The quantitative estimate of drug-likeness (QED) is 0.507. The first-order valence-corrected chi connectivity index (χ1v) is 7.77. The highest BCUT2D eigenvalue weighted by Crippen LogP contribution is 2.24. The Morgan fingerprint density at radius 3 is 2.78 bits per heavy atom. The Kier molecular flexibility index (Phi) is 4.30. The van der Waals surface area contributed by atoms with Gasteiger partial charge >= 0.3 is 5.63 Å². The number of hydrogen-bond donors (Lipinski definition) is 0. The number of rotatable bonds is 4. The average Bonchev–Trinajstić information content (AvgIpc) is 2.52. The summed E-state index contributed by atoms with van der Waals surface area (Å²) in [5.41, 5.74) is 2.28. The van der Waals surface area contributed by atoms with Crippen molar-refractivity contribution in [1.82, 2.24) is 0 Å². The highest BCUT2D eigenvalue weighted by atomic mass is 79.9. The minimum Gasteiger partial charge on any atom is -0.488 e. The van der Waals surface area contributed by atoms with Crippen molar-refractivity contribution in [1.29, 1.82) is 0 Å². The normalized spacial score (nSPS) is 10.7. The monoisotopic (exact) mass is 372 g/mol. The summed E-state index contributed by atoms with van der Waals surface area (Å²) in [6.45, 7) is 2.11. The maximum absolute atomic E-state index is 11.7. The Morgan fingerprint density at radius 1 is 1.17 bits per heavy atom. The van der Waals surface area contributed by atoms with Crippen molar-refractivity contribution >= 4 is 33.2 Å². The number of fused-ring (bicyclic) bond motifs is 1. The standard InChI is InChI=1S/C18H13BrO4/c1-11-2-4-15-13(8-18(21)23-17(15)6-11)10-22-16-5-3-14(19)7-12(16)9-20/h2-9H,10H2,1H3. The molecule has 1 aromatic heterocycles. The third-order valence-electron chi connectivity index (χ3n) is 3.47. The van der Waals surface area contributed by atoms with E-state index in [1.165, 1.54) is 6.07 Å². The van der Waals surface area contributed by atoms with Gasteiger partial charge in [-0.1, -0.05) is 28.1 Å². The van der Waals surface area contributed by atoms with Crippen LogP contribution >= 0.6 is 15.9 Å². The largest absolute Gasteiger partial charge is 0.488 e. The SMILES string of the molecule is Cc1ccc2c(COc3ccc(Br)cc3C=O)cc(=O)oc2c1. The number of hydrogen-bond acceptors (Lipinski definition) is 4. The Balaban J connectivity index is 1.96. The molecular formula is C18H13BrO4. The van der Waals surface area contributed by atoms with Gasteiger partial charge in [-0.15, -0.1) is 0 Å². The molecule has 0 amide bonds. The lowest BCUT2D eigenvalue weighted by Crippen LogP contribution is -2.05. The molecule has 0 unspecified atom stereocenters. The van der Waals surface area contributed by atoms with Crippen LogP contribution in [-0.2, 0) is 6.61 Å². The van der Waals surface area contributed by atoms with Gasteiger partial charge in [0, 0.05) is 21.5 Å². The third-order valence-corrected chi connectivity index (χ3v) is 3.96. The van der Waals surface area contributed by atoms with E-state index in [9.17, 15) is 9.59 Å². The summed E-state index contributed by atoms with van der Waals surface area (Å²) in [4.78, 5) is 22.8. The molecule has 0 spiro atoms. The number of benzene rings is 2. The second-order valence-corrected chi connectivity index (χ2v) is 6.09. The first-order chi connectivity index (χ1) is 11.1. The van der Waals surface area contributed by atoms with Crippen molar-refractivity contribution in [3.63, 3.8) is 0 Å². The molecule has 3 aromatic rings. The minimum atomic E-state index is -0.423. The van der Waals surface area contributed by atoms with Gasteiger partial charge in [-0.05, 0) is 36.8 Å². The molecule has 116 valence electrons. The van der Waals surface area contributed by atoms with Crippen LogP contribution in [0.15, 0.2) is 56.1 Å². The van der Waals surface area contributed by atoms with E-state index in [2.05, 4.69) is 15.9 Å². The second kappa shape index (κ2) is 6.38. The summed E-state index contributed by atoms with van der Waals surface area (Å²) < 4.78 is 11.8. The highest BCUT2D eigenvalue weighted by Gasteiger charge is 2.09. The van der Waals surface area contributed by atoms with E-state index in [4.69, 9.17) is 9.15 Å². The smallest absolute Gasteiger partial charge is 0.336 e. The molecule has 0 radical (unpaired) electrons. The predicted molar refractivity (Wildman–Crippen MR) is 91.1 cm³/mol. The van der Waals surface area contributed by atoms with Crippen molar-refractivity contribution < 1.29 is 13.9 Å². The third kappa shape index (κ3) is 3.35. The van der Waals surface area contributed by atoms with Crippen LogP contribution < -0.4 is 10.4 Å². The van der Waals surface area contributed by atoms with E-state index < -0.39 is 5.63 Å². The second-order valence-electron chi connectivity index (χ2n) is 5.18. The minimum absolute atomic E-state index is 0.174. The van der Waals surface area contributed by atoms with Gasteiger partial charge in [0.25, 0.3) is 0 Å². The maximum atomic E-state index is 11.7. The predicted octanol–water partition coefficient (Wildman–Crippen LogP) is 4.26. The van der Waals surface area contributed by atoms with Crippen molar-refractivity contribution in [3.8, 4) is 5.75 Å². The zero-order valence-corrected chi connectivity index (χ0v) is 13.9. The molecule has 0 N–H and O–H groups in total. The number of aryl methyl sites for hydroxylation is 1. The maximum Gasteiger partial charge on any atom is 0.336 e. The van der Waals surface area contributed by atoms with Crippen molar-refractivity contribution in [3.05, 3.63) is 74.0 Å². The van der Waals surface area contributed by atoms with Crippen molar-refractivity contribution in [2.24, 2.45) is 0 Å². The zero-order chi connectivity index (χ0) is 16.4. The molecule has 0 fully saturated rings. The van der Waals surface area contributed by atoms with Gasteiger partial charge in [-0.25, -0.2) is 4.79 Å². The zero-order valence-electron chi connectivity index (χ0n) is 12.3. The molecule has 0 saturated carbocycles. The Bertz CT molecular complexity index is 943. The van der Waals surface area contributed by atoms with Crippen LogP contribution in [-0.4, -0.2) is 6.29 Å². The molecule has 5 heteroatoms. The van der Waals surface area contributed by atoms with E-state index in [0.29, 0.717) is 16.9 Å². The number of carbonyl (C=O) groups excluding carboxylic acids is 1. The lowest BCUT2D eigenvalue weighted by atomic mass is 10.1. The van der Waals surface area contributed by atoms with Crippen LogP contribution in [0.5, 0.6) is 5.75 Å². The summed E-state index contributed by atoms with van der Waals surface area (Å²) in [6.07, 6.45) is 0.737. The van der Waals surface area contributed by atoms with Gasteiger partial charge in [0.2, 0.25) is 0 Å². The number of carbonyl (C=O) groups is 1. The van der Waals surface area contributed by atoms with Gasteiger partial charge in [0.15, 0.2) is 6.29 Å². The molecule has 1 heterocycles. The molecule has 23 heavy (non-hydrogen) atoms. The lowest BCUT2D eigenvalue weighted by Gasteiger charge is -2.10. The molecule has 0 aliphatic carbocycles.